The van der Waals surface area contributed by atoms with Gasteiger partial charge in [-0.15, -0.1) is 0 Å². The van der Waals surface area contributed by atoms with Gasteiger partial charge >= 0.3 is 0 Å². The van der Waals surface area contributed by atoms with Gasteiger partial charge in [0.05, 0.1) is 18.2 Å². The van der Waals surface area contributed by atoms with E-state index in [2.05, 4.69) is 4.98 Å². The van der Waals surface area contributed by atoms with Gasteiger partial charge in [0.25, 0.3) is 11.5 Å². The molecule has 0 bridgehead atoms. The molecular weight excluding hydrogens is 432 g/mol. The van der Waals surface area contributed by atoms with E-state index in [1.165, 1.54) is 15.4 Å². The minimum atomic E-state index is -0.478. The third kappa shape index (κ3) is 4.21. The third-order valence-corrected chi connectivity index (χ3v) is 5.34. The molecule has 162 valence electrons. The molecule has 0 atom stereocenters. The number of aromatic nitrogens is 2. The van der Waals surface area contributed by atoms with Crippen molar-refractivity contribution < 1.29 is 14.3 Å². The monoisotopic (exact) mass is 450 g/mol. The highest BCUT2D eigenvalue weighted by molar-refractivity contribution is 6.32. The Morgan fingerprint density at radius 3 is 2.72 bits per heavy atom. The molecule has 9 heteroatoms. The van der Waals surface area contributed by atoms with Crippen molar-refractivity contribution in [3.63, 3.8) is 0 Å². The van der Waals surface area contributed by atoms with Crippen molar-refractivity contribution in [2.75, 3.05) is 26.3 Å². The van der Waals surface area contributed by atoms with Crippen LogP contribution in [-0.2, 0) is 9.53 Å². The summed E-state index contributed by atoms with van der Waals surface area (Å²) in [5, 5.41) is 10.0. The van der Waals surface area contributed by atoms with E-state index in [0.29, 0.717) is 42.7 Å². The molecule has 0 N–H and O–H groups in total. The number of carbonyl (C=O) groups is 1. The van der Waals surface area contributed by atoms with Crippen molar-refractivity contribution in [3.05, 3.63) is 74.7 Å². The molecule has 4 rings (SSSR count). The Labute approximate surface area is 188 Å². The zero-order valence-electron chi connectivity index (χ0n) is 17.2. The molecule has 1 aromatic carbocycles. The first kappa shape index (κ1) is 21.6. The van der Waals surface area contributed by atoms with Crippen LogP contribution >= 0.6 is 11.6 Å². The van der Waals surface area contributed by atoms with Crippen molar-refractivity contribution in [2.24, 2.45) is 0 Å². The van der Waals surface area contributed by atoms with E-state index < -0.39 is 11.5 Å². The van der Waals surface area contributed by atoms with Gasteiger partial charge in [0, 0.05) is 19.3 Å². The first-order valence-electron chi connectivity index (χ1n) is 9.93. The number of fused-ring (bicyclic) bond motifs is 1. The second-order valence-electron chi connectivity index (χ2n) is 7.13. The SMILES string of the molecule is Cc1cccn2c(=O)c(/C=C(\C#N)C(=O)N3CCOCC3)c(Oc3ccccc3Cl)nc12. The number of pyridine rings is 1. The lowest BCUT2D eigenvalue weighted by Gasteiger charge is -2.26. The predicted molar refractivity (Wildman–Crippen MR) is 119 cm³/mol. The first-order chi connectivity index (χ1) is 15.5. The number of nitrogens with zero attached hydrogens (tertiary/aromatic N) is 4. The number of nitriles is 1. The number of para-hydroxylation sites is 1. The molecule has 1 aliphatic heterocycles. The Kier molecular flexibility index (Phi) is 6.21. The van der Waals surface area contributed by atoms with E-state index in [-0.39, 0.29) is 17.0 Å². The van der Waals surface area contributed by atoms with Gasteiger partial charge in [0.1, 0.15) is 28.6 Å². The smallest absolute Gasteiger partial charge is 0.269 e. The fraction of sp³-hybridized carbons (Fsp3) is 0.217. The van der Waals surface area contributed by atoms with Crippen molar-refractivity contribution in [1.82, 2.24) is 14.3 Å². The lowest BCUT2D eigenvalue weighted by atomic mass is 10.1. The molecule has 3 heterocycles. The Bertz CT molecular complexity index is 1320. The fourth-order valence-corrected chi connectivity index (χ4v) is 3.52. The van der Waals surface area contributed by atoms with Crippen molar-refractivity contribution in [1.29, 1.82) is 5.26 Å². The maximum absolute atomic E-state index is 13.3. The van der Waals surface area contributed by atoms with Gasteiger partial charge in [-0.25, -0.2) is 0 Å². The van der Waals surface area contributed by atoms with Crippen LogP contribution < -0.4 is 10.3 Å². The largest absolute Gasteiger partial charge is 0.437 e. The minimum Gasteiger partial charge on any atom is -0.437 e. The second kappa shape index (κ2) is 9.22. The number of rotatable bonds is 4. The molecule has 0 unspecified atom stereocenters. The fourth-order valence-electron chi connectivity index (χ4n) is 3.35. The standard InChI is InChI=1S/C23H19ClN4O4/c1-15-5-4-8-28-20(15)26-21(32-19-7-3-2-6-18(19)24)17(23(28)30)13-16(14-25)22(29)27-9-11-31-12-10-27/h2-8,13H,9-12H2,1H3/b16-13+. The number of hydrogen-bond acceptors (Lipinski definition) is 6. The van der Waals surface area contributed by atoms with E-state index in [1.54, 1.807) is 36.5 Å². The Morgan fingerprint density at radius 1 is 1.25 bits per heavy atom. The molecule has 8 nitrogen and oxygen atoms in total. The van der Waals surface area contributed by atoms with Crippen LogP contribution in [-0.4, -0.2) is 46.5 Å². The highest BCUT2D eigenvalue weighted by atomic mass is 35.5. The predicted octanol–water partition coefficient (Wildman–Crippen LogP) is 3.21. The van der Waals surface area contributed by atoms with Crippen LogP contribution in [0.5, 0.6) is 11.6 Å². The van der Waals surface area contributed by atoms with Crippen molar-refractivity contribution in [3.8, 4) is 17.7 Å². The van der Waals surface area contributed by atoms with E-state index >= 15 is 0 Å². The van der Waals surface area contributed by atoms with Crippen molar-refractivity contribution in [2.45, 2.75) is 6.92 Å². The molecular formula is C23H19ClN4O4. The third-order valence-electron chi connectivity index (χ3n) is 5.03. The molecule has 1 fully saturated rings. The van der Waals surface area contributed by atoms with Gasteiger partial charge in [0.2, 0.25) is 5.88 Å². The number of halogens is 1. The molecule has 1 aliphatic rings. The van der Waals surface area contributed by atoms with Crippen molar-refractivity contribution >= 4 is 29.2 Å². The second-order valence-corrected chi connectivity index (χ2v) is 7.53. The lowest BCUT2D eigenvalue weighted by Crippen LogP contribution is -2.41. The zero-order valence-corrected chi connectivity index (χ0v) is 18.0. The normalized spacial score (nSPS) is 14.3. The molecule has 32 heavy (non-hydrogen) atoms. The van der Waals surface area contributed by atoms with Gasteiger partial charge in [-0.2, -0.15) is 10.2 Å². The van der Waals surface area contributed by atoms with E-state index in [0.717, 1.165) is 5.56 Å². The first-order valence-corrected chi connectivity index (χ1v) is 10.3. The molecule has 0 radical (unpaired) electrons. The van der Waals surface area contributed by atoms with Crippen LogP contribution in [0.1, 0.15) is 11.1 Å². The molecule has 0 spiro atoms. The summed E-state index contributed by atoms with van der Waals surface area (Å²) in [6, 6.07) is 12.2. The van der Waals surface area contributed by atoms with E-state index in [4.69, 9.17) is 21.1 Å². The summed E-state index contributed by atoms with van der Waals surface area (Å²) in [5.74, 6) is -0.222. The Morgan fingerprint density at radius 2 is 2.00 bits per heavy atom. The highest BCUT2D eigenvalue weighted by Gasteiger charge is 2.23. The van der Waals surface area contributed by atoms with E-state index in [1.807, 2.05) is 19.1 Å². The average molecular weight is 451 g/mol. The minimum absolute atomic E-state index is 0.0221. The lowest BCUT2D eigenvalue weighted by molar-refractivity contribution is -0.130. The number of ether oxygens (including phenoxy) is 2. The van der Waals surface area contributed by atoms with Gasteiger partial charge < -0.3 is 14.4 Å². The summed E-state index contributed by atoms with van der Waals surface area (Å²) < 4.78 is 12.5. The summed E-state index contributed by atoms with van der Waals surface area (Å²) in [4.78, 5) is 32.2. The molecule has 0 aliphatic carbocycles. The number of hydrogen-bond donors (Lipinski definition) is 0. The maximum Gasteiger partial charge on any atom is 0.269 e. The molecule has 3 aromatic rings. The Hall–Kier alpha value is -3.67. The van der Waals surface area contributed by atoms with Gasteiger partial charge in [-0.1, -0.05) is 29.8 Å². The summed E-state index contributed by atoms with van der Waals surface area (Å²) in [7, 11) is 0. The summed E-state index contributed by atoms with van der Waals surface area (Å²) in [6.45, 7) is 3.35. The van der Waals surface area contributed by atoms with Gasteiger partial charge in [-0.05, 0) is 36.8 Å². The number of morpholine rings is 1. The number of aryl methyl sites for hydroxylation is 1. The topological polar surface area (TPSA) is 96.9 Å². The molecule has 1 saturated heterocycles. The molecule has 0 saturated carbocycles. The molecule has 1 amide bonds. The number of carbonyl (C=O) groups excluding carboxylic acids is 1. The summed E-state index contributed by atoms with van der Waals surface area (Å²) >= 11 is 6.22. The van der Waals surface area contributed by atoms with E-state index in [9.17, 15) is 14.9 Å². The van der Waals surface area contributed by atoms with Gasteiger partial charge in [-0.3, -0.25) is 14.0 Å². The quantitative estimate of drug-likeness (QED) is 0.447. The van der Waals surface area contributed by atoms with Crippen LogP contribution in [0.3, 0.4) is 0 Å². The summed E-state index contributed by atoms with van der Waals surface area (Å²) in [5.41, 5.74) is 0.473. The van der Waals surface area contributed by atoms with Gasteiger partial charge in [0.15, 0.2) is 0 Å². The Balaban J connectivity index is 1.88. The average Bonchev–Trinajstić information content (AvgIpc) is 2.81. The number of amides is 1. The highest BCUT2D eigenvalue weighted by Crippen LogP contribution is 2.30. The summed E-state index contributed by atoms with van der Waals surface area (Å²) in [6.07, 6.45) is 2.80. The molecule has 2 aromatic heterocycles. The van der Waals surface area contributed by atoms with Crippen LogP contribution in [0, 0.1) is 18.3 Å². The zero-order chi connectivity index (χ0) is 22.7. The maximum atomic E-state index is 13.3. The number of benzene rings is 1. The van der Waals surface area contributed by atoms with Crippen LogP contribution in [0.4, 0.5) is 0 Å². The van der Waals surface area contributed by atoms with Crippen LogP contribution in [0.15, 0.2) is 53.0 Å². The van der Waals surface area contributed by atoms with Crippen LogP contribution in [0.2, 0.25) is 5.02 Å². The van der Waals surface area contributed by atoms with Crippen LogP contribution in [0.25, 0.3) is 11.7 Å².